The number of carbonyl (C=O) groups excluding carboxylic acids is 1. The van der Waals surface area contributed by atoms with Gasteiger partial charge in [0.25, 0.3) is 0 Å². The SMILES string of the molecule is C=CC(N)=O.CCc1cc(CCl)ccc1C(=O)O. The third kappa shape index (κ3) is 5.50. The first kappa shape index (κ1) is 16.2. The van der Waals surface area contributed by atoms with Crippen LogP contribution in [-0.4, -0.2) is 17.0 Å². The minimum absolute atomic E-state index is 0.372. The average molecular weight is 270 g/mol. The van der Waals surface area contributed by atoms with Gasteiger partial charge in [-0.15, -0.1) is 11.6 Å². The molecule has 0 aliphatic carbocycles. The molecule has 3 N–H and O–H groups in total. The Bertz CT molecular complexity index is 444. The van der Waals surface area contributed by atoms with Gasteiger partial charge in [0, 0.05) is 5.88 Å². The molecule has 0 spiro atoms. The number of alkyl halides is 1. The third-order valence-corrected chi connectivity index (χ3v) is 2.45. The van der Waals surface area contributed by atoms with E-state index in [1.54, 1.807) is 12.1 Å². The molecular formula is C13H16ClNO3. The zero-order valence-electron chi connectivity index (χ0n) is 10.1. The van der Waals surface area contributed by atoms with Crippen molar-refractivity contribution in [3.05, 3.63) is 47.5 Å². The standard InChI is InChI=1S/C10H11ClO2.C3H5NO/c1-2-8-5-7(6-11)3-4-9(8)10(12)13;1-2-3(4)5/h3-5H,2,6H2,1H3,(H,12,13);2H,1H2,(H2,4,5). The second kappa shape index (κ2) is 8.31. The van der Waals surface area contributed by atoms with Gasteiger partial charge in [0.2, 0.25) is 5.91 Å². The Kier molecular flexibility index (Phi) is 7.47. The molecule has 0 saturated heterocycles. The fourth-order valence-electron chi connectivity index (χ4n) is 1.23. The molecule has 0 heterocycles. The highest BCUT2D eigenvalue weighted by Crippen LogP contribution is 2.14. The van der Waals surface area contributed by atoms with Crippen molar-refractivity contribution in [3.8, 4) is 0 Å². The van der Waals surface area contributed by atoms with E-state index in [4.69, 9.17) is 16.7 Å². The smallest absolute Gasteiger partial charge is 0.335 e. The number of nitrogens with two attached hydrogens (primary N) is 1. The maximum absolute atomic E-state index is 10.7. The van der Waals surface area contributed by atoms with E-state index in [0.29, 0.717) is 17.9 Å². The Morgan fingerprint density at radius 1 is 1.50 bits per heavy atom. The summed E-state index contributed by atoms with van der Waals surface area (Å²) < 4.78 is 0. The number of aryl methyl sites for hydroxylation is 1. The van der Waals surface area contributed by atoms with Crippen LogP contribution in [-0.2, 0) is 17.1 Å². The van der Waals surface area contributed by atoms with Crippen LogP contribution in [0.2, 0.25) is 0 Å². The van der Waals surface area contributed by atoms with Crippen molar-refractivity contribution in [1.82, 2.24) is 0 Å². The number of aromatic carboxylic acids is 1. The first-order chi connectivity index (χ1) is 8.46. The molecule has 0 atom stereocenters. The maximum atomic E-state index is 10.7. The predicted octanol–water partition coefficient (Wildman–Crippen LogP) is 2.34. The Hall–Kier alpha value is -1.81. The van der Waals surface area contributed by atoms with Gasteiger partial charge < -0.3 is 10.8 Å². The Labute approximate surface area is 111 Å². The highest BCUT2D eigenvalue weighted by molar-refractivity contribution is 6.17. The maximum Gasteiger partial charge on any atom is 0.335 e. The van der Waals surface area contributed by atoms with Crippen molar-refractivity contribution in [2.24, 2.45) is 5.73 Å². The highest BCUT2D eigenvalue weighted by Gasteiger charge is 2.08. The van der Waals surface area contributed by atoms with Crippen LogP contribution in [0.4, 0.5) is 0 Å². The topological polar surface area (TPSA) is 80.4 Å². The molecule has 5 heteroatoms. The molecule has 0 aliphatic heterocycles. The number of carboxylic acid groups (broad SMARTS) is 1. The molecular weight excluding hydrogens is 254 g/mol. The number of carboxylic acids is 1. The molecule has 1 aromatic carbocycles. The van der Waals surface area contributed by atoms with Crippen molar-refractivity contribution in [2.45, 2.75) is 19.2 Å². The van der Waals surface area contributed by atoms with Gasteiger partial charge in [-0.05, 0) is 29.7 Å². The van der Waals surface area contributed by atoms with Crippen LogP contribution < -0.4 is 5.73 Å². The van der Waals surface area contributed by atoms with Gasteiger partial charge in [0.15, 0.2) is 0 Å². The molecule has 18 heavy (non-hydrogen) atoms. The van der Waals surface area contributed by atoms with E-state index >= 15 is 0 Å². The molecule has 0 aromatic heterocycles. The van der Waals surface area contributed by atoms with E-state index in [9.17, 15) is 9.59 Å². The number of amides is 1. The molecule has 0 unspecified atom stereocenters. The molecule has 4 nitrogen and oxygen atoms in total. The molecule has 0 aliphatic rings. The summed E-state index contributed by atoms with van der Waals surface area (Å²) in [5.41, 5.74) is 6.71. The van der Waals surface area contributed by atoms with Gasteiger partial charge in [0.1, 0.15) is 0 Å². The summed E-state index contributed by atoms with van der Waals surface area (Å²) in [5.74, 6) is -0.935. The lowest BCUT2D eigenvalue weighted by molar-refractivity contribution is -0.113. The number of halogens is 1. The first-order valence-corrected chi connectivity index (χ1v) is 5.82. The summed E-state index contributed by atoms with van der Waals surface area (Å²) in [6, 6.07) is 5.20. The number of primary amides is 1. The number of benzene rings is 1. The number of hydrogen-bond donors (Lipinski definition) is 2. The number of carbonyl (C=O) groups is 2. The second-order valence-electron chi connectivity index (χ2n) is 3.39. The Morgan fingerprint density at radius 2 is 2.06 bits per heavy atom. The van der Waals surface area contributed by atoms with E-state index in [1.807, 2.05) is 13.0 Å². The van der Waals surface area contributed by atoms with Crippen molar-refractivity contribution in [2.75, 3.05) is 0 Å². The molecule has 98 valence electrons. The molecule has 0 radical (unpaired) electrons. The lowest BCUT2D eigenvalue weighted by Crippen LogP contribution is -2.04. The van der Waals surface area contributed by atoms with Crippen molar-refractivity contribution in [1.29, 1.82) is 0 Å². The number of hydrogen-bond acceptors (Lipinski definition) is 2. The van der Waals surface area contributed by atoms with Gasteiger partial charge >= 0.3 is 5.97 Å². The van der Waals surface area contributed by atoms with Gasteiger partial charge in [-0.25, -0.2) is 4.79 Å². The van der Waals surface area contributed by atoms with Gasteiger partial charge in [-0.2, -0.15) is 0 Å². The molecule has 0 saturated carbocycles. The fraction of sp³-hybridized carbons (Fsp3) is 0.231. The quantitative estimate of drug-likeness (QED) is 0.650. The minimum Gasteiger partial charge on any atom is -0.478 e. The summed E-state index contributed by atoms with van der Waals surface area (Å²) in [4.78, 5) is 20.2. The van der Waals surface area contributed by atoms with Crippen LogP contribution in [0, 0.1) is 0 Å². The Balaban J connectivity index is 0.000000494. The van der Waals surface area contributed by atoms with E-state index in [2.05, 4.69) is 12.3 Å². The largest absolute Gasteiger partial charge is 0.478 e. The molecule has 0 bridgehead atoms. The van der Waals surface area contributed by atoms with Gasteiger partial charge in [-0.1, -0.05) is 25.6 Å². The molecule has 1 rings (SSSR count). The second-order valence-corrected chi connectivity index (χ2v) is 3.66. The van der Waals surface area contributed by atoms with Crippen LogP contribution in [0.3, 0.4) is 0 Å². The lowest BCUT2D eigenvalue weighted by atomic mass is 10.0. The molecule has 1 aromatic rings. The van der Waals surface area contributed by atoms with Crippen LogP contribution in [0.1, 0.15) is 28.4 Å². The van der Waals surface area contributed by atoms with Crippen molar-refractivity contribution >= 4 is 23.5 Å². The average Bonchev–Trinajstić information content (AvgIpc) is 2.38. The van der Waals surface area contributed by atoms with E-state index in [1.165, 1.54) is 0 Å². The third-order valence-electron chi connectivity index (χ3n) is 2.14. The predicted molar refractivity (Wildman–Crippen MR) is 71.7 cm³/mol. The van der Waals surface area contributed by atoms with Crippen LogP contribution in [0.5, 0.6) is 0 Å². The highest BCUT2D eigenvalue weighted by atomic mass is 35.5. The van der Waals surface area contributed by atoms with Gasteiger partial charge in [0.05, 0.1) is 5.56 Å². The molecule has 1 amide bonds. The zero-order chi connectivity index (χ0) is 14.1. The van der Waals surface area contributed by atoms with Crippen LogP contribution in [0.25, 0.3) is 0 Å². The number of rotatable bonds is 4. The monoisotopic (exact) mass is 269 g/mol. The van der Waals surface area contributed by atoms with Crippen LogP contribution in [0.15, 0.2) is 30.9 Å². The zero-order valence-corrected chi connectivity index (χ0v) is 10.9. The summed E-state index contributed by atoms with van der Waals surface area (Å²) in [6.07, 6.45) is 1.77. The normalized spacial score (nSPS) is 9.00. The van der Waals surface area contributed by atoms with Crippen molar-refractivity contribution in [3.63, 3.8) is 0 Å². The Morgan fingerprint density at radius 3 is 2.39 bits per heavy atom. The fourth-order valence-corrected chi connectivity index (χ4v) is 1.40. The summed E-state index contributed by atoms with van der Waals surface area (Å²) >= 11 is 5.64. The minimum atomic E-state index is -0.877. The van der Waals surface area contributed by atoms with Crippen molar-refractivity contribution < 1.29 is 14.7 Å². The van der Waals surface area contributed by atoms with Gasteiger partial charge in [-0.3, -0.25) is 4.79 Å². The molecule has 0 fully saturated rings. The first-order valence-electron chi connectivity index (χ1n) is 5.29. The lowest BCUT2D eigenvalue weighted by Gasteiger charge is -2.04. The van der Waals surface area contributed by atoms with E-state index in [-0.39, 0.29) is 0 Å². The van der Waals surface area contributed by atoms with E-state index in [0.717, 1.165) is 17.2 Å². The summed E-state index contributed by atoms with van der Waals surface area (Å²) in [5, 5.41) is 8.83. The van der Waals surface area contributed by atoms with E-state index < -0.39 is 11.9 Å². The summed E-state index contributed by atoms with van der Waals surface area (Å²) in [7, 11) is 0. The summed E-state index contributed by atoms with van der Waals surface area (Å²) in [6.45, 7) is 5.02. The van der Waals surface area contributed by atoms with Crippen LogP contribution >= 0.6 is 11.6 Å².